The van der Waals surface area contributed by atoms with E-state index in [9.17, 15) is 19.1 Å². The Morgan fingerprint density at radius 2 is 1.97 bits per heavy atom. The summed E-state index contributed by atoms with van der Waals surface area (Å²) in [5.41, 5.74) is 0.944. The van der Waals surface area contributed by atoms with Crippen molar-refractivity contribution in [1.82, 2.24) is 0 Å². The third kappa shape index (κ3) is 7.51. The maximum absolute atomic E-state index is 13.7. The second-order valence-corrected chi connectivity index (χ2v) is 7.17. The first-order valence-electron chi connectivity index (χ1n) is 8.79. The van der Waals surface area contributed by atoms with Crippen LogP contribution in [0.5, 0.6) is 5.75 Å². The Hall–Kier alpha value is -2.39. The van der Waals surface area contributed by atoms with E-state index in [-0.39, 0.29) is 12.4 Å². The van der Waals surface area contributed by atoms with Gasteiger partial charge in [-0.05, 0) is 61.1 Å². The molecule has 0 heterocycles. The summed E-state index contributed by atoms with van der Waals surface area (Å²) in [4.78, 5) is 24.5. The monoisotopic (exact) mass is 439 g/mol. The van der Waals surface area contributed by atoms with E-state index in [4.69, 9.17) is 9.47 Å². The SMILES string of the molecule is CSc1ccc(NC(=O)O[C@H](CCCOC(=O)CS)c2ccc(O)c(F)c2)cc1. The quantitative estimate of drug-likeness (QED) is 0.225. The van der Waals surface area contributed by atoms with E-state index in [0.29, 0.717) is 24.1 Å². The Morgan fingerprint density at radius 1 is 1.24 bits per heavy atom. The molecule has 0 saturated carbocycles. The van der Waals surface area contributed by atoms with Crippen molar-refractivity contribution in [2.75, 3.05) is 23.9 Å². The molecule has 0 unspecified atom stereocenters. The molecule has 1 amide bonds. The summed E-state index contributed by atoms with van der Waals surface area (Å²) in [7, 11) is 0. The number of amides is 1. The Bertz CT molecular complexity index is 832. The van der Waals surface area contributed by atoms with E-state index in [1.165, 1.54) is 12.1 Å². The van der Waals surface area contributed by atoms with Gasteiger partial charge in [-0.25, -0.2) is 9.18 Å². The van der Waals surface area contributed by atoms with Crippen molar-refractivity contribution in [2.45, 2.75) is 23.8 Å². The average molecular weight is 440 g/mol. The highest BCUT2D eigenvalue weighted by molar-refractivity contribution is 7.98. The van der Waals surface area contributed by atoms with Crippen LogP contribution in [-0.4, -0.2) is 35.8 Å². The number of hydrogen-bond acceptors (Lipinski definition) is 7. The summed E-state index contributed by atoms with van der Waals surface area (Å²) < 4.78 is 24.2. The number of anilines is 1. The molecular weight excluding hydrogens is 417 g/mol. The maximum Gasteiger partial charge on any atom is 0.412 e. The molecule has 0 fully saturated rings. The second kappa shape index (κ2) is 11.6. The second-order valence-electron chi connectivity index (χ2n) is 5.98. The molecule has 1 atom stereocenters. The average Bonchev–Trinajstić information content (AvgIpc) is 2.72. The molecule has 2 aromatic rings. The Balaban J connectivity index is 2.03. The molecule has 29 heavy (non-hydrogen) atoms. The molecule has 0 aliphatic heterocycles. The smallest absolute Gasteiger partial charge is 0.412 e. The van der Waals surface area contributed by atoms with Gasteiger partial charge in [-0.3, -0.25) is 10.1 Å². The molecule has 0 saturated heterocycles. The highest BCUT2D eigenvalue weighted by Crippen LogP contribution is 2.27. The minimum atomic E-state index is -0.814. The topological polar surface area (TPSA) is 84.9 Å². The lowest BCUT2D eigenvalue weighted by molar-refractivity contribution is -0.140. The number of halogens is 1. The fourth-order valence-electron chi connectivity index (χ4n) is 2.47. The number of phenolic OH excluding ortho intramolecular Hbond substituents is 1. The van der Waals surface area contributed by atoms with Gasteiger partial charge in [-0.2, -0.15) is 12.6 Å². The van der Waals surface area contributed by atoms with Crippen molar-refractivity contribution >= 4 is 42.1 Å². The summed E-state index contributed by atoms with van der Waals surface area (Å²) in [6.45, 7) is 0.123. The first-order valence-corrected chi connectivity index (χ1v) is 10.6. The minimum Gasteiger partial charge on any atom is -0.505 e. The van der Waals surface area contributed by atoms with Gasteiger partial charge < -0.3 is 14.6 Å². The van der Waals surface area contributed by atoms with E-state index >= 15 is 0 Å². The summed E-state index contributed by atoms with van der Waals surface area (Å²) >= 11 is 5.40. The Labute approximate surface area is 178 Å². The fraction of sp³-hybridized carbons (Fsp3) is 0.300. The van der Waals surface area contributed by atoms with E-state index < -0.39 is 29.7 Å². The van der Waals surface area contributed by atoms with Crippen LogP contribution in [-0.2, 0) is 14.3 Å². The standard InChI is InChI=1S/C20H22FNO5S2/c1-29-15-7-5-14(6-8-15)22-20(25)27-18(3-2-10-26-19(24)12-28)13-4-9-17(23)16(21)11-13/h4-9,11,18,23,28H,2-3,10,12H2,1H3,(H,22,25)/t18-/m1/s1. The lowest BCUT2D eigenvalue weighted by atomic mass is 10.0. The zero-order valence-electron chi connectivity index (χ0n) is 15.8. The van der Waals surface area contributed by atoms with Crippen LogP contribution in [0, 0.1) is 5.82 Å². The molecule has 0 bridgehead atoms. The van der Waals surface area contributed by atoms with Crippen LogP contribution in [0.15, 0.2) is 47.4 Å². The first kappa shape index (κ1) is 22.9. The maximum atomic E-state index is 13.7. The summed E-state index contributed by atoms with van der Waals surface area (Å²) in [6.07, 6.45) is 1.15. The van der Waals surface area contributed by atoms with Gasteiger partial charge in [0.25, 0.3) is 0 Å². The molecule has 9 heteroatoms. The van der Waals surface area contributed by atoms with Crippen molar-refractivity contribution in [3.63, 3.8) is 0 Å². The van der Waals surface area contributed by atoms with Crippen molar-refractivity contribution in [2.24, 2.45) is 0 Å². The molecule has 6 nitrogen and oxygen atoms in total. The van der Waals surface area contributed by atoms with Gasteiger partial charge in [0, 0.05) is 10.6 Å². The van der Waals surface area contributed by atoms with Crippen molar-refractivity contribution in [3.8, 4) is 5.75 Å². The van der Waals surface area contributed by atoms with Crippen LogP contribution in [0.3, 0.4) is 0 Å². The van der Waals surface area contributed by atoms with Gasteiger partial charge in [0.2, 0.25) is 0 Å². The molecule has 0 radical (unpaired) electrons. The third-order valence-corrected chi connectivity index (χ3v) is 4.93. The number of phenols is 1. The number of hydrogen-bond donors (Lipinski definition) is 3. The molecule has 0 aliphatic rings. The minimum absolute atomic E-state index is 0.0269. The predicted octanol–water partition coefficient (Wildman–Crippen LogP) is 4.80. The van der Waals surface area contributed by atoms with Crippen LogP contribution in [0.1, 0.15) is 24.5 Å². The molecule has 2 N–H and O–H groups in total. The lowest BCUT2D eigenvalue weighted by Crippen LogP contribution is -2.18. The van der Waals surface area contributed by atoms with Crippen LogP contribution >= 0.6 is 24.4 Å². The third-order valence-electron chi connectivity index (χ3n) is 3.93. The number of carbonyl (C=O) groups is 2. The molecule has 2 rings (SSSR count). The molecule has 0 aromatic heterocycles. The number of esters is 1. The summed E-state index contributed by atoms with van der Waals surface area (Å²) in [5.74, 6) is -1.78. The highest BCUT2D eigenvalue weighted by atomic mass is 32.2. The van der Waals surface area contributed by atoms with E-state index in [1.807, 2.05) is 18.4 Å². The summed E-state index contributed by atoms with van der Waals surface area (Å²) in [5, 5.41) is 12.0. The zero-order valence-corrected chi connectivity index (χ0v) is 17.5. The van der Waals surface area contributed by atoms with Gasteiger partial charge in [-0.15, -0.1) is 11.8 Å². The molecule has 2 aromatic carbocycles. The van der Waals surface area contributed by atoms with Gasteiger partial charge in [0.05, 0.1) is 12.4 Å². The van der Waals surface area contributed by atoms with Gasteiger partial charge in [0.15, 0.2) is 11.6 Å². The number of ether oxygens (including phenoxy) is 2. The number of nitrogens with one attached hydrogen (secondary N) is 1. The van der Waals surface area contributed by atoms with Crippen LogP contribution in [0.25, 0.3) is 0 Å². The first-order chi connectivity index (χ1) is 13.9. The van der Waals surface area contributed by atoms with E-state index in [1.54, 1.807) is 23.9 Å². The van der Waals surface area contributed by atoms with Gasteiger partial charge in [-0.1, -0.05) is 6.07 Å². The predicted molar refractivity (Wildman–Crippen MR) is 113 cm³/mol. The lowest BCUT2D eigenvalue weighted by Gasteiger charge is -2.19. The number of benzene rings is 2. The normalized spacial score (nSPS) is 11.6. The van der Waals surface area contributed by atoms with Crippen molar-refractivity contribution in [1.29, 1.82) is 0 Å². The Kier molecular flexibility index (Phi) is 9.14. The molecule has 0 spiro atoms. The van der Waals surface area contributed by atoms with Crippen LogP contribution in [0.2, 0.25) is 0 Å². The van der Waals surface area contributed by atoms with Crippen molar-refractivity contribution < 1.29 is 28.6 Å². The highest BCUT2D eigenvalue weighted by Gasteiger charge is 2.19. The van der Waals surface area contributed by atoms with Gasteiger partial charge in [0.1, 0.15) is 6.10 Å². The van der Waals surface area contributed by atoms with Crippen LogP contribution in [0.4, 0.5) is 14.9 Å². The largest absolute Gasteiger partial charge is 0.505 e. The molecule has 156 valence electrons. The van der Waals surface area contributed by atoms with Crippen LogP contribution < -0.4 is 5.32 Å². The number of thiol groups is 1. The fourth-order valence-corrected chi connectivity index (χ4v) is 2.97. The number of rotatable bonds is 9. The summed E-state index contributed by atoms with van der Waals surface area (Å²) in [6, 6.07) is 11.0. The number of thioether (sulfide) groups is 1. The van der Waals surface area contributed by atoms with Gasteiger partial charge >= 0.3 is 12.1 Å². The Morgan fingerprint density at radius 3 is 2.59 bits per heavy atom. The van der Waals surface area contributed by atoms with Crippen molar-refractivity contribution in [3.05, 3.63) is 53.8 Å². The van der Waals surface area contributed by atoms with E-state index in [0.717, 1.165) is 11.0 Å². The molecule has 0 aliphatic carbocycles. The molecular formula is C20H22FNO5S2. The number of aromatic hydroxyl groups is 1. The zero-order chi connectivity index (χ0) is 21.2. The number of carbonyl (C=O) groups excluding carboxylic acids is 2. The van der Waals surface area contributed by atoms with E-state index in [2.05, 4.69) is 17.9 Å².